The Labute approximate surface area is 109 Å². The van der Waals surface area contributed by atoms with Gasteiger partial charge in [0, 0.05) is 0 Å². The maximum atomic E-state index is 12.9. The number of esters is 1. The fourth-order valence-corrected chi connectivity index (χ4v) is 2.33. The van der Waals surface area contributed by atoms with Crippen LogP contribution in [-0.4, -0.2) is 27.5 Å². The quantitative estimate of drug-likeness (QED) is 0.832. The van der Waals surface area contributed by atoms with Crippen LogP contribution in [0.4, 0.5) is 4.39 Å². The second-order valence-electron chi connectivity index (χ2n) is 3.21. The molecule has 5 nitrogen and oxygen atoms in total. The number of nitrogens with one attached hydrogen (secondary N) is 1. The van der Waals surface area contributed by atoms with Crippen molar-refractivity contribution in [3.63, 3.8) is 0 Å². The molecule has 100 valence electrons. The largest absolute Gasteiger partial charge is 0.465 e. The predicted molar refractivity (Wildman–Crippen MR) is 63.2 cm³/mol. The van der Waals surface area contributed by atoms with Crippen LogP contribution < -0.4 is 4.72 Å². The third-order valence-corrected chi connectivity index (χ3v) is 3.60. The van der Waals surface area contributed by atoms with Crippen LogP contribution in [0.1, 0.15) is 6.92 Å². The smallest absolute Gasteiger partial charge is 0.321 e. The molecule has 1 aromatic carbocycles. The molecule has 0 radical (unpaired) electrons. The summed E-state index contributed by atoms with van der Waals surface area (Å²) >= 11 is 5.47. The van der Waals surface area contributed by atoms with Gasteiger partial charge in [0.1, 0.15) is 12.4 Å². The molecule has 0 aliphatic carbocycles. The number of carbonyl (C=O) groups is 1. The van der Waals surface area contributed by atoms with Gasteiger partial charge in [-0.2, -0.15) is 4.72 Å². The first kappa shape index (κ1) is 14.9. The van der Waals surface area contributed by atoms with Crippen LogP contribution >= 0.6 is 11.6 Å². The molecule has 0 unspecified atom stereocenters. The Morgan fingerprint density at radius 2 is 2.17 bits per heavy atom. The molecule has 1 N–H and O–H groups in total. The second kappa shape index (κ2) is 6.12. The van der Waals surface area contributed by atoms with E-state index < -0.39 is 28.4 Å². The average Bonchev–Trinajstić information content (AvgIpc) is 2.30. The average molecular weight is 296 g/mol. The third-order valence-electron chi connectivity index (χ3n) is 1.91. The van der Waals surface area contributed by atoms with Crippen molar-refractivity contribution < 1.29 is 22.3 Å². The van der Waals surface area contributed by atoms with E-state index in [2.05, 4.69) is 4.74 Å². The van der Waals surface area contributed by atoms with Crippen LogP contribution in [0.25, 0.3) is 0 Å². The van der Waals surface area contributed by atoms with Gasteiger partial charge >= 0.3 is 5.97 Å². The molecule has 0 amide bonds. The summed E-state index contributed by atoms with van der Waals surface area (Å²) in [6.07, 6.45) is 0. The summed E-state index contributed by atoms with van der Waals surface area (Å²) in [7, 11) is -3.91. The molecule has 18 heavy (non-hydrogen) atoms. The number of ether oxygens (including phenoxy) is 1. The fourth-order valence-electron chi connectivity index (χ4n) is 1.09. The van der Waals surface area contributed by atoms with Crippen LogP contribution in [0.3, 0.4) is 0 Å². The second-order valence-corrected chi connectivity index (χ2v) is 5.38. The van der Waals surface area contributed by atoms with E-state index in [1.165, 1.54) is 0 Å². The van der Waals surface area contributed by atoms with Crippen molar-refractivity contribution in [1.29, 1.82) is 0 Å². The van der Waals surface area contributed by atoms with Gasteiger partial charge in [0.15, 0.2) is 0 Å². The summed E-state index contributed by atoms with van der Waals surface area (Å²) in [5, 5.41) is -0.311. The summed E-state index contributed by atoms with van der Waals surface area (Å²) in [6.45, 7) is 1.26. The zero-order chi connectivity index (χ0) is 13.8. The molecule has 0 saturated carbocycles. The van der Waals surface area contributed by atoms with Crippen LogP contribution in [0.15, 0.2) is 23.1 Å². The van der Waals surface area contributed by atoms with Crippen molar-refractivity contribution in [2.24, 2.45) is 0 Å². The lowest BCUT2D eigenvalue weighted by Gasteiger charge is -2.06. The summed E-state index contributed by atoms with van der Waals surface area (Å²) in [6, 6.07) is 2.94. The highest BCUT2D eigenvalue weighted by Gasteiger charge is 2.17. The maximum absolute atomic E-state index is 12.9. The Bertz CT molecular complexity index is 547. The van der Waals surface area contributed by atoms with E-state index in [1.807, 2.05) is 4.72 Å². The lowest BCUT2D eigenvalue weighted by Crippen LogP contribution is -2.30. The van der Waals surface area contributed by atoms with E-state index in [1.54, 1.807) is 6.92 Å². The van der Waals surface area contributed by atoms with Gasteiger partial charge in [-0.1, -0.05) is 11.6 Å². The van der Waals surface area contributed by atoms with Gasteiger partial charge < -0.3 is 4.74 Å². The Balaban J connectivity index is 2.80. The molecule has 1 aromatic rings. The number of hydrogen-bond acceptors (Lipinski definition) is 4. The number of benzene rings is 1. The molecule has 0 spiro atoms. The third kappa shape index (κ3) is 3.94. The molecule has 1 rings (SSSR count). The minimum Gasteiger partial charge on any atom is -0.465 e. The highest BCUT2D eigenvalue weighted by molar-refractivity contribution is 7.89. The van der Waals surface area contributed by atoms with Gasteiger partial charge in [0.2, 0.25) is 10.0 Å². The van der Waals surface area contributed by atoms with Crippen molar-refractivity contribution in [2.75, 3.05) is 13.2 Å². The van der Waals surface area contributed by atoms with Crippen LogP contribution in [0.2, 0.25) is 5.02 Å². The van der Waals surface area contributed by atoms with Crippen LogP contribution in [0.5, 0.6) is 0 Å². The lowest BCUT2D eigenvalue weighted by molar-refractivity contribution is -0.141. The van der Waals surface area contributed by atoms with Crippen molar-refractivity contribution >= 4 is 27.6 Å². The summed E-state index contributed by atoms with van der Waals surface area (Å²) < 4.78 is 42.9. The SMILES string of the molecule is CCOC(=O)CNS(=O)(=O)c1ccc(F)c(Cl)c1. The Kier molecular flexibility index (Phi) is 5.06. The van der Waals surface area contributed by atoms with Crippen molar-refractivity contribution in [2.45, 2.75) is 11.8 Å². The van der Waals surface area contributed by atoms with Crippen molar-refractivity contribution in [1.82, 2.24) is 4.72 Å². The molecule has 0 aliphatic heterocycles. The van der Waals surface area contributed by atoms with Gasteiger partial charge in [0.25, 0.3) is 0 Å². The van der Waals surface area contributed by atoms with Gasteiger partial charge in [-0.3, -0.25) is 4.79 Å². The predicted octanol–water partition coefficient (Wildman–Crippen LogP) is 1.32. The Morgan fingerprint density at radius 1 is 1.50 bits per heavy atom. The minimum atomic E-state index is -3.91. The molecular formula is C10H11ClFNO4S. The van der Waals surface area contributed by atoms with E-state index in [0.29, 0.717) is 0 Å². The molecule has 0 saturated heterocycles. The van der Waals surface area contributed by atoms with Crippen LogP contribution in [-0.2, 0) is 19.6 Å². The molecule has 0 atom stereocenters. The monoisotopic (exact) mass is 295 g/mol. The fraction of sp³-hybridized carbons (Fsp3) is 0.300. The molecular weight excluding hydrogens is 285 g/mol. The van der Waals surface area contributed by atoms with Gasteiger partial charge in [-0.25, -0.2) is 12.8 Å². The van der Waals surface area contributed by atoms with Crippen molar-refractivity contribution in [3.05, 3.63) is 29.0 Å². The number of halogens is 2. The normalized spacial score (nSPS) is 11.3. The van der Waals surface area contributed by atoms with Crippen LogP contribution in [0, 0.1) is 5.82 Å². The summed E-state index contributed by atoms with van der Waals surface area (Å²) in [5.74, 6) is -1.42. The van der Waals surface area contributed by atoms with Gasteiger partial charge in [0.05, 0.1) is 16.5 Å². The Morgan fingerprint density at radius 3 is 2.72 bits per heavy atom. The van der Waals surface area contributed by atoms with E-state index in [-0.39, 0.29) is 16.5 Å². The zero-order valence-corrected chi connectivity index (χ0v) is 11.0. The molecule has 0 bridgehead atoms. The first-order chi connectivity index (χ1) is 8.36. The zero-order valence-electron chi connectivity index (χ0n) is 9.44. The molecule has 0 aromatic heterocycles. The molecule has 0 heterocycles. The first-order valence-electron chi connectivity index (χ1n) is 4.97. The maximum Gasteiger partial charge on any atom is 0.321 e. The van der Waals surface area contributed by atoms with Gasteiger partial charge in [-0.05, 0) is 25.1 Å². The van der Waals surface area contributed by atoms with E-state index in [4.69, 9.17) is 11.6 Å². The van der Waals surface area contributed by atoms with E-state index in [0.717, 1.165) is 18.2 Å². The minimum absolute atomic E-state index is 0.156. The topological polar surface area (TPSA) is 72.5 Å². The summed E-state index contributed by atoms with van der Waals surface area (Å²) in [4.78, 5) is 10.8. The summed E-state index contributed by atoms with van der Waals surface area (Å²) in [5.41, 5.74) is 0. The standard InChI is InChI=1S/C10H11ClFNO4S/c1-2-17-10(14)6-13-18(15,16)7-3-4-9(12)8(11)5-7/h3-5,13H,2,6H2,1H3. The highest BCUT2D eigenvalue weighted by Crippen LogP contribution is 2.19. The Hall–Kier alpha value is -1.18. The number of carbonyl (C=O) groups excluding carboxylic acids is 1. The van der Waals surface area contributed by atoms with Crippen molar-refractivity contribution in [3.8, 4) is 0 Å². The lowest BCUT2D eigenvalue weighted by atomic mass is 10.3. The number of rotatable bonds is 5. The molecule has 8 heteroatoms. The number of hydrogen-bond donors (Lipinski definition) is 1. The highest BCUT2D eigenvalue weighted by atomic mass is 35.5. The van der Waals surface area contributed by atoms with Gasteiger partial charge in [-0.15, -0.1) is 0 Å². The molecule has 0 fully saturated rings. The number of sulfonamides is 1. The molecule has 0 aliphatic rings. The van der Waals surface area contributed by atoms with E-state index in [9.17, 15) is 17.6 Å². The first-order valence-corrected chi connectivity index (χ1v) is 6.83. The van der Waals surface area contributed by atoms with E-state index >= 15 is 0 Å².